The van der Waals surface area contributed by atoms with Crippen molar-refractivity contribution in [2.45, 2.75) is 60.7 Å². The molecule has 0 amide bonds. The Morgan fingerprint density at radius 1 is 1.12 bits per heavy atom. The summed E-state index contributed by atoms with van der Waals surface area (Å²) in [5, 5.41) is 1.08. The van der Waals surface area contributed by atoms with Crippen molar-refractivity contribution in [1.82, 2.24) is 0 Å². The van der Waals surface area contributed by atoms with Crippen LogP contribution in [0.4, 0.5) is 0 Å². The normalized spacial score (nSPS) is 10.8. The van der Waals surface area contributed by atoms with Crippen molar-refractivity contribution in [1.29, 1.82) is 0 Å². The first-order valence-corrected chi connectivity index (χ1v) is 11.6. The van der Waals surface area contributed by atoms with E-state index in [1.807, 2.05) is 33.8 Å². The van der Waals surface area contributed by atoms with Crippen LogP contribution in [0.5, 0.6) is 0 Å². The molecule has 0 aromatic heterocycles. The van der Waals surface area contributed by atoms with Crippen LogP contribution in [0.1, 0.15) is 54.9 Å². The molecule has 142 valence electrons. The third-order valence-electron chi connectivity index (χ3n) is 2.37. The van der Waals surface area contributed by atoms with Crippen molar-refractivity contribution >= 4 is 24.2 Å². The average Bonchev–Trinajstić information content (AvgIpc) is 2.49. The zero-order valence-corrected chi connectivity index (χ0v) is 20.9. The van der Waals surface area contributed by atoms with Gasteiger partial charge in [-0.1, -0.05) is 46.0 Å². The Bertz CT molecular complexity index is 400. The van der Waals surface area contributed by atoms with Gasteiger partial charge in [0, 0.05) is 0 Å². The molecule has 0 fully saturated rings. The molecule has 0 aromatic rings. The fourth-order valence-electron chi connectivity index (χ4n) is 1.48. The van der Waals surface area contributed by atoms with Gasteiger partial charge < -0.3 is 0 Å². The fourth-order valence-corrected chi connectivity index (χ4v) is 2.26. The Hall–Kier alpha value is -0.391. The van der Waals surface area contributed by atoms with Crippen molar-refractivity contribution in [3.63, 3.8) is 0 Å². The van der Waals surface area contributed by atoms with Gasteiger partial charge in [-0.15, -0.1) is 9.24 Å². The minimum Gasteiger partial charge on any atom is -0.0683 e. The van der Waals surface area contributed by atoms with Gasteiger partial charge in [0.25, 0.3) is 0 Å². The first-order chi connectivity index (χ1) is 11.0. The van der Waals surface area contributed by atoms with Crippen LogP contribution in [-0.2, 0) is 0 Å². The monoisotopic (exact) mass is 420 g/mol. The SMILES string of the molecule is C=C(C)P.C=C/C(=C\C)[N+](C)(C)/C=C(/C)C(=C)[Se]C.CC.CCC. The maximum atomic E-state index is 4.07. The minimum atomic E-state index is 0.491. The topological polar surface area (TPSA) is 0 Å². The molecular formula is C21H43NPSe+. The molecule has 0 saturated carbocycles. The van der Waals surface area contributed by atoms with Gasteiger partial charge in [0.2, 0.25) is 0 Å². The summed E-state index contributed by atoms with van der Waals surface area (Å²) in [5.74, 6) is 2.19. The third kappa shape index (κ3) is 21.6. The zero-order valence-electron chi connectivity index (χ0n) is 18.0. The maximum Gasteiger partial charge on any atom is -0.0590 e. The molecule has 0 heterocycles. The van der Waals surface area contributed by atoms with Gasteiger partial charge in [-0.25, -0.2) is 0 Å². The molecule has 1 nitrogen and oxygen atoms in total. The Labute approximate surface area is 162 Å². The second-order valence-corrected chi connectivity index (χ2v) is 8.33. The van der Waals surface area contributed by atoms with E-state index in [-0.39, 0.29) is 0 Å². The molecule has 0 aromatic carbocycles. The molecule has 0 N–H and O–H groups in total. The van der Waals surface area contributed by atoms with E-state index in [0.717, 1.165) is 9.80 Å². The second-order valence-electron chi connectivity index (χ2n) is 5.45. The van der Waals surface area contributed by atoms with E-state index < -0.39 is 0 Å². The number of hydrogen-bond donors (Lipinski definition) is 0. The van der Waals surface area contributed by atoms with Crippen LogP contribution >= 0.6 is 9.24 Å². The summed E-state index contributed by atoms with van der Waals surface area (Å²) in [7, 11) is 6.76. The summed E-state index contributed by atoms with van der Waals surface area (Å²) in [5.41, 5.74) is 2.48. The smallest absolute Gasteiger partial charge is 0.0590 e. The van der Waals surface area contributed by atoms with Gasteiger partial charge in [0.05, 0.1) is 0 Å². The third-order valence-corrected chi connectivity index (χ3v) is 4.08. The molecule has 0 aliphatic heterocycles. The van der Waals surface area contributed by atoms with Crippen LogP contribution in [0.3, 0.4) is 0 Å². The molecule has 24 heavy (non-hydrogen) atoms. The molecule has 0 rings (SSSR count). The van der Waals surface area contributed by atoms with E-state index in [1.165, 1.54) is 22.2 Å². The van der Waals surface area contributed by atoms with Gasteiger partial charge in [0.15, 0.2) is 0 Å². The minimum absolute atomic E-state index is 0.491. The van der Waals surface area contributed by atoms with Crippen LogP contribution in [0.25, 0.3) is 0 Å². The van der Waals surface area contributed by atoms with Gasteiger partial charge in [-0.3, -0.25) is 0 Å². The molecule has 0 spiro atoms. The van der Waals surface area contributed by atoms with Crippen LogP contribution < -0.4 is 0 Å². The van der Waals surface area contributed by atoms with Crippen molar-refractivity contribution < 1.29 is 4.48 Å². The largest absolute Gasteiger partial charge is 0.0683 e. The van der Waals surface area contributed by atoms with E-state index in [9.17, 15) is 0 Å². The number of allylic oxidation sites excluding steroid dienone is 5. The number of rotatable bonds is 5. The summed E-state index contributed by atoms with van der Waals surface area (Å²) in [6, 6.07) is 0. The van der Waals surface area contributed by atoms with E-state index in [1.54, 1.807) is 0 Å². The van der Waals surface area contributed by atoms with E-state index in [2.05, 4.69) is 81.9 Å². The maximum absolute atomic E-state index is 4.07. The number of likely N-dealkylation sites (N-methyl/N-ethyl adjacent to an activating group) is 1. The quantitative estimate of drug-likeness (QED) is 0.192. The second kappa shape index (κ2) is 20.7. The van der Waals surface area contributed by atoms with Gasteiger partial charge >= 0.3 is 100 Å². The molecule has 0 bridgehead atoms. The molecular weight excluding hydrogens is 376 g/mol. The predicted molar refractivity (Wildman–Crippen MR) is 122 cm³/mol. The first kappa shape index (κ1) is 31.4. The number of nitrogens with zero attached hydrogens (tertiary/aromatic N) is 1. The van der Waals surface area contributed by atoms with Gasteiger partial charge in [-0.05, 0) is 6.92 Å². The molecule has 0 aliphatic carbocycles. The standard InChI is InChI=1S/C13H22NSe.C3H7P.C3H8.C2H6/c1-8-13(9-2)14(5,6)10-11(3)12(4)15-7;1-3(2)4;1-3-2;1-2/h8-10H,1,4H2,2-3,5-7H3;1,4H2,2H3;3H2,1-2H3;1-2H3/q+1;;;/b11-10-,13-9+;;;. The van der Waals surface area contributed by atoms with Crippen molar-refractivity contribution in [3.05, 3.63) is 59.1 Å². The first-order valence-electron chi connectivity index (χ1n) is 8.50. The Morgan fingerprint density at radius 2 is 1.46 bits per heavy atom. The van der Waals surface area contributed by atoms with E-state index in [0.29, 0.717) is 15.0 Å². The molecule has 1 atom stereocenters. The van der Waals surface area contributed by atoms with Crippen LogP contribution in [0.15, 0.2) is 59.1 Å². The fraction of sp³-hybridized carbons (Fsp3) is 0.524. The number of quaternary nitrogens is 1. The zero-order chi connectivity index (χ0) is 20.3. The summed E-state index contributed by atoms with van der Waals surface area (Å²) in [6.07, 6.45) is 7.48. The van der Waals surface area contributed by atoms with Crippen molar-refractivity contribution in [3.8, 4) is 0 Å². The van der Waals surface area contributed by atoms with Crippen LogP contribution in [0, 0.1) is 0 Å². The molecule has 3 heteroatoms. The molecule has 0 radical (unpaired) electrons. The average molecular weight is 420 g/mol. The van der Waals surface area contributed by atoms with E-state index >= 15 is 0 Å². The Balaban J connectivity index is -0.000000185. The van der Waals surface area contributed by atoms with Crippen LogP contribution in [-0.4, -0.2) is 33.5 Å². The molecule has 0 aliphatic rings. The van der Waals surface area contributed by atoms with E-state index in [4.69, 9.17) is 0 Å². The Morgan fingerprint density at radius 3 is 1.67 bits per heavy atom. The predicted octanol–water partition coefficient (Wildman–Crippen LogP) is 7.16. The summed E-state index contributed by atoms with van der Waals surface area (Å²) in [6.45, 7) is 25.8. The van der Waals surface area contributed by atoms with Crippen LogP contribution in [0.2, 0.25) is 5.82 Å². The van der Waals surface area contributed by atoms with Crippen molar-refractivity contribution in [2.24, 2.45) is 0 Å². The summed E-state index contributed by atoms with van der Waals surface area (Å²) >= 11 is 0.491. The van der Waals surface area contributed by atoms with Crippen molar-refractivity contribution in [2.75, 3.05) is 14.1 Å². The van der Waals surface area contributed by atoms with Gasteiger partial charge in [-0.2, -0.15) is 0 Å². The number of hydrogen-bond acceptors (Lipinski definition) is 0. The summed E-state index contributed by atoms with van der Waals surface area (Å²) in [4.78, 5) is 0. The van der Waals surface area contributed by atoms with Gasteiger partial charge in [0.1, 0.15) is 0 Å². The molecule has 1 unspecified atom stereocenters. The molecule has 0 saturated heterocycles. The Kier molecular flexibility index (Phi) is 27.0. The summed E-state index contributed by atoms with van der Waals surface area (Å²) < 4.78 is 1.98.